The molecule has 0 radical (unpaired) electrons. The molecule has 0 aromatic heterocycles. The largest absolute Gasteiger partial charge is 0.415 e. The van der Waals surface area contributed by atoms with E-state index in [0.29, 0.717) is 126 Å². The van der Waals surface area contributed by atoms with Crippen molar-refractivity contribution in [2.75, 3.05) is 119 Å². The van der Waals surface area contributed by atoms with Gasteiger partial charge in [0.25, 0.3) is 0 Å². The maximum atomic E-state index is 5.71. The van der Waals surface area contributed by atoms with E-state index in [2.05, 4.69) is 19.6 Å². The van der Waals surface area contributed by atoms with Crippen LogP contribution in [0.5, 0.6) is 0 Å². The highest BCUT2D eigenvalue weighted by atomic mass is 28.4. The molecule has 0 aliphatic carbocycles. The van der Waals surface area contributed by atoms with Crippen molar-refractivity contribution >= 4 is 8.32 Å². The van der Waals surface area contributed by atoms with Crippen LogP contribution in [0.1, 0.15) is 5.56 Å². The van der Waals surface area contributed by atoms with Gasteiger partial charge in [-0.25, -0.2) is 0 Å². The van der Waals surface area contributed by atoms with Crippen LogP contribution in [0.25, 0.3) is 0 Å². The summed E-state index contributed by atoms with van der Waals surface area (Å²) >= 11 is 0. The average Bonchev–Trinajstić information content (AvgIpc) is 2.92. The molecule has 39 heavy (non-hydrogen) atoms. The second kappa shape index (κ2) is 27.2. The molecule has 11 heteroatoms. The molecule has 1 aromatic rings. The Bertz CT molecular complexity index is 618. The maximum absolute atomic E-state index is 5.71. The quantitative estimate of drug-likeness (QED) is 0.100. The molecule has 0 heterocycles. The normalized spacial score (nSPS) is 11.9. The van der Waals surface area contributed by atoms with Crippen molar-refractivity contribution in [2.24, 2.45) is 0 Å². The molecule has 0 saturated carbocycles. The summed E-state index contributed by atoms with van der Waals surface area (Å²) < 4.78 is 55.1. The molecule has 0 unspecified atom stereocenters. The molecular formula is C28H52O10Si. The Hall–Kier alpha value is -0.963. The molecular weight excluding hydrogens is 524 g/mol. The Morgan fingerprint density at radius 3 is 0.974 bits per heavy atom. The molecule has 0 bridgehead atoms. The van der Waals surface area contributed by atoms with Crippen LogP contribution in [-0.2, 0) is 53.7 Å². The van der Waals surface area contributed by atoms with Gasteiger partial charge in [-0.1, -0.05) is 30.3 Å². The highest BCUT2D eigenvalue weighted by Gasteiger charge is 2.13. The minimum Gasteiger partial charge on any atom is -0.415 e. The summed E-state index contributed by atoms with van der Waals surface area (Å²) in [5, 5.41) is 0. The van der Waals surface area contributed by atoms with Crippen molar-refractivity contribution in [3.05, 3.63) is 35.9 Å². The third kappa shape index (κ3) is 28.4. The maximum Gasteiger partial charge on any atom is 0.183 e. The third-order valence-corrected chi connectivity index (χ3v) is 5.92. The molecule has 0 N–H and O–H groups in total. The molecule has 0 aliphatic heterocycles. The van der Waals surface area contributed by atoms with Crippen LogP contribution in [0.3, 0.4) is 0 Å². The summed E-state index contributed by atoms with van der Waals surface area (Å²) in [5.74, 6) is 0. The Morgan fingerprint density at radius 1 is 0.385 bits per heavy atom. The van der Waals surface area contributed by atoms with Gasteiger partial charge in [-0.2, -0.15) is 0 Å². The average molecular weight is 577 g/mol. The Morgan fingerprint density at radius 2 is 0.667 bits per heavy atom. The first kappa shape index (κ1) is 36.1. The standard InChI is InChI=1S/C28H52O10Si/c1-39(2,3)38-26-25-36-22-21-34-18-17-32-14-13-30-10-9-29-11-12-31-15-16-33-19-20-35-23-24-37-27-28-7-5-4-6-8-28/h4-8H,9-27H2,1-3H3. The van der Waals surface area contributed by atoms with Crippen molar-refractivity contribution < 1.29 is 47.1 Å². The molecule has 1 rings (SSSR count). The monoisotopic (exact) mass is 576 g/mol. The smallest absolute Gasteiger partial charge is 0.183 e. The van der Waals surface area contributed by atoms with E-state index in [4.69, 9.17) is 47.1 Å². The third-order valence-electron chi connectivity index (χ3n) is 4.85. The molecule has 0 atom stereocenters. The number of hydrogen-bond donors (Lipinski definition) is 0. The van der Waals surface area contributed by atoms with Gasteiger partial charge in [-0.05, 0) is 25.2 Å². The molecule has 228 valence electrons. The van der Waals surface area contributed by atoms with Crippen LogP contribution >= 0.6 is 0 Å². The van der Waals surface area contributed by atoms with E-state index in [1.54, 1.807) is 0 Å². The van der Waals surface area contributed by atoms with Gasteiger partial charge in [0, 0.05) is 0 Å². The lowest BCUT2D eigenvalue weighted by Crippen LogP contribution is -2.27. The molecule has 0 amide bonds. The second-order valence-electron chi connectivity index (χ2n) is 9.40. The van der Waals surface area contributed by atoms with E-state index in [0.717, 1.165) is 5.56 Å². The fourth-order valence-electron chi connectivity index (χ4n) is 2.93. The van der Waals surface area contributed by atoms with Gasteiger partial charge < -0.3 is 47.1 Å². The first-order chi connectivity index (χ1) is 19.1. The molecule has 0 saturated heterocycles. The van der Waals surface area contributed by atoms with Crippen molar-refractivity contribution in [1.82, 2.24) is 0 Å². The number of ether oxygens (including phenoxy) is 9. The van der Waals surface area contributed by atoms with E-state index in [1.165, 1.54) is 0 Å². The van der Waals surface area contributed by atoms with Crippen molar-refractivity contribution in [1.29, 1.82) is 0 Å². The summed E-state index contributed by atoms with van der Waals surface area (Å²) in [7, 11) is -1.44. The number of benzene rings is 1. The summed E-state index contributed by atoms with van der Waals surface area (Å²) in [4.78, 5) is 0. The second-order valence-corrected chi connectivity index (χ2v) is 13.9. The first-order valence-corrected chi connectivity index (χ1v) is 17.4. The Kier molecular flexibility index (Phi) is 25.2. The lowest BCUT2D eigenvalue weighted by Gasteiger charge is -2.16. The van der Waals surface area contributed by atoms with Gasteiger partial charge in [-0.15, -0.1) is 0 Å². The van der Waals surface area contributed by atoms with Crippen molar-refractivity contribution in [3.63, 3.8) is 0 Å². The lowest BCUT2D eigenvalue weighted by molar-refractivity contribution is -0.0257. The Labute approximate surface area is 236 Å². The van der Waals surface area contributed by atoms with Gasteiger partial charge in [0.1, 0.15) is 0 Å². The highest BCUT2D eigenvalue weighted by molar-refractivity contribution is 6.69. The molecule has 1 aromatic carbocycles. The molecule has 0 spiro atoms. The fraction of sp³-hybridized carbons (Fsp3) is 0.786. The molecule has 0 fully saturated rings. The zero-order valence-electron chi connectivity index (χ0n) is 24.4. The van der Waals surface area contributed by atoms with Gasteiger partial charge in [0.15, 0.2) is 8.32 Å². The highest BCUT2D eigenvalue weighted by Crippen LogP contribution is 2.01. The fourth-order valence-corrected chi connectivity index (χ4v) is 3.63. The van der Waals surface area contributed by atoms with Crippen molar-refractivity contribution in [3.8, 4) is 0 Å². The first-order valence-electron chi connectivity index (χ1n) is 14.0. The molecule has 0 aliphatic rings. The van der Waals surface area contributed by atoms with Gasteiger partial charge >= 0.3 is 0 Å². The Balaban J connectivity index is 1.63. The predicted molar refractivity (Wildman–Crippen MR) is 152 cm³/mol. The van der Waals surface area contributed by atoms with E-state index in [-0.39, 0.29) is 0 Å². The molecule has 10 nitrogen and oxygen atoms in total. The minimum atomic E-state index is -1.44. The number of hydrogen-bond acceptors (Lipinski definition) is 10. The van der Waals surface area contributed by atoms with Crippen LogP contribution in [-0.4, -0.2) is 127 Å². The van der Waals surface area contributed by atoms with Crippen molar-refractivity contribution in [2.45, 2.75) is 26.2 Å². The van der Waals surface area contributed by atoms with E-state index < -0.39 is 8.32 Å². The zero-order valence-corrected chi connectivity index (χ0v) is 25.4. The predicted octanol–water partition coefficient (Wildman–Crippen LogP) is 3.19. The summed E-state index contributed by atoms with van der Waals surface area (Å²) in [6.07, 6.45) is 0. The van der Waals surface area contributed by atoms with E-state index in [1.807, 2.05) is 30.3 Å². The van der Waals surface area contributed by atoms with Crippen LogP contribution in [0.4, 0.5) is 0 Å². The van der Waals surface area contributed by atoms with Crippen LogP contribution in [0.2, 0.25) is 19.6 Å². The lowest BCUT2D eigenvalue weighted by atomic mass is 10.2. The zero-order chi connectivity index (χ0) is 28.1. The van der Waals surface area contributed by atoms with Gasteiger partial charge in [-0.3, -0.25) is 0 Å². The van der Waals surface area contributed by atoms with Gasteiger partial charge in [0.05, 0.1) is 126 Å². The van der Waals surface area contributed by atoms with E-state index >= 15 is 0 Å². The van der Waals surface area contributed by atoms with Gasteiger partial charge in [0.2, 0.25) is 0 Å². The summed E-state index contributed by atoms with van der Waals surface area (Å²) in [5.41, 5.74) is 1.16. The summed E-state index contributed by atoms with van der Waals surface area (Å²) in [6.45, 7) is 17.0. The summed E-state index contributed by atoms with van der Waals surface area (Å²) in [6, 6.07) is 10.1. The van der Waals surface area contributed by atoms with Crippen LogP contribution in [0, 0.1) is 0 Å². The van der Waals surface area contributed by atoms with Crippen LogP contribution in [0.15, 0.2) is 30.3 Å². The topological polar surface area (TPSA) is 92.3 Å². The SMILES string of the molecule is C[Si](C)(C)OCCOCCOCCOCCOCCOCCOCCOCCOCCOCc1ccccc1. The number of rotatable bonds is 30. The van der Waals surface area contributed by atoms with E-state index in [9.17, 15) is 0 Å². The minimum absolute atomic E-state index is 0.526. The van der Waals surface area contributed by atoms with Crippen LogP contribution < -0.4 is 0 Å².